The second-order valence-electron chi connectivity index (χ2n) is 3.53. The van der Waals surface area contributed by atoms with E-state index in [-0.39, 0.29) is 0 Å². The summed E-state index contributed by atoms with van der Waals surface area (Å²) in [4.78, 5) is 0. The van der Waals surface area contributed by atoms with E-state index in [0.29, 0.717) is 19.1 Å². The van der Waals surface area contributed by atoms with Crippen molar-refractivity contribution >= 4 is 7.60 Å². The van der Waals surface area contributed by atoms with Gasteiger partial charge in [0.25, 0.3) is 0 Å². The first-order valence-corrected chi connectivity index (χ1v) is 6.88. The summed E-state index contributed by atoms with van der Waals surface area (Å²) in [6.07, 6.45) is 3.50. The van der Waals surface area contributed by atoms with Crippen LogP contribution in [0.5, 0.6) is 0 Å². The highest BCUT2D eigenvalue weighted by Gasteiger charge is 2.11. The zero-order valence-electron chi connectivity index (χ0n) is 9.66. The summed E-state index contributed by atoms with van der Waals surface area (Å²) >= 11 is 0. The molecule has 0 aromatic rings. The molecule has 4 heteroatoms. The Morgan fingerprint density at radius 3 is 2.07 bits per heavy atom. The summed E-state index contributed by atoms with van der Waals surface area (Å²) < 4.78 is 22.2. The molecule has 86 valence electrons. The van der Waals surface area contributed by atoms with Crippen LogP contribution in [-0.4, -0.2) is 13.2 Å². The van der Waals surface area contributed by atoms with E-state index < -0.39 is 7.60 Å². The van der Waals surface area contributed by atoms with Gasteiger partial charge in [-0.25, -0.2) is 6.16 Å². The van der Waals surface area contributed by atoms with Gasteiger partial charge in [-0.05, 0) is 19.8 Å². The fourth-order valence-electron chi connectivity index (χ4n) is 1.07. The minimum Gasteiger partial charge on any atom is -0.331 e. The van der Waals surface area contributed by atoms with E-state index in [1.54, 1.807) is 6.16 Å². The largest absolute Gasteiger partial charge is 0.331 e. The summed E-state index contributed by atoms with van der Waals surface area (Å²) in [5.41, 5.74) is 0. The molecule has 0 aromatic heterocycles. The first-order chi connectivity index (χ1) is 6.54. The number of hydrogen-bond donors (Lipinski definition) is 0. The van der Waals surface area contributed by atoms with Gasteiger partial charge in [-0.2, -0.15) is 6.42 Å². The molecule has 3 nitrogen and oxygen atoms in total. The Labute approximate surface area is 87.7 Å². The van der Waals surface area contributed by atoms with Crippen molar-refractivity contribution in [2.45, 2.75) is 40.5 Å². The van der Waals surface area contributed by atoms with Gasteiger partial charge in [0.15, 0.2) is 7.60 Å². The standard InChI is InChI=1S/C10H22O3P/c1-5-12-14(11,13-6-2)9-7-8-10(3)4/h9-10H,5-8H2,1-4H3/q-1. The molecule has 0 N–H and O–H groups in total. The van der Waals surface area contributed by atoms with Gasteiger partial charge in [0.1, 0.15) is 0 Å². The van der Waals surface area contributed by atoms with E-state index in [0.717, 1.165) is 12.8 Å². The summed E-state index contributed by atoms with van der Waals surface area (Å²) in [6.45, 7) is 8.77. The second-order valence-corrected chi connectivity index (χ2v) is 5.49. The van der Waals surface area contributed by atoms with Crippen molar-refractivity contribution in [3.63, 3.8) is 0 Å². The van der Waals surface area contributed by atoms with Gasteiger partial charge in [0.05, 0.1) is 13.2 Å². The highest BCUT2D eigenvalue weighted by Crippen LogP contribution is 2.52. The van der Waals surface area contributed by atoms with E-state index in [1.807, 2.05) is 13.8 Å². The number of hydrogen-bond acceptors (Lipinski definition) is 3. The molecule has 0 amide bonds. The Kier molecular flexibility index (Phi) is 7.52. The maximum absolute atomic E-state index is 11.9. The van der Waals surface area contributed by atoms with Crippen molar-refractivity contribution in [3.05, 3.63) is 6.16 Å². The molecule has 0 aliphatic rings. The smallest absolute Gasteiger partial charge is 0.187 e. The molecule has 0 atom stereocenters. The van der Waals surface area contributed by atoms with Crippen LogP contribution in [0, 0.1) is 12.1 Å². The first-order valence-electron chi connectivity index (χ1n) is 5.27. The maximum atomic E-state index is 11.9. The van der Waals surface area contributed by atoms with Crippen molar-refractivity contribution in [2.24, 2.45) is 5.92 Å². The molecule has 0 spiro atoms. The first kappa shape index (κ1) is 14.2. The van der Waals surface area contributed by atoms with Crippen molar-refractivity contribution in [1.82, 2.24) is 0 Å². The molecule has 0 radical (unpaired) electrons. The normalized spacial score (nSPS) is 12.4. The van der Waals surface area contributed by atoms with Gasteiger partial charge in [-0.3, -0.25) is 4.57 Å². The SMILES string of the molecule is CCOP(=O)([CH-]CCC(C)C)OCC. The zero-order chi connectivity index (χ0) is 11.0. The van der Waals surface area contributed by atoms with Crippen LogP contribution in [0.15, 0.2) is 0 Å². The van der Waals surface area contributed by atoms with E-state index in [2.05, 4.69) is 13.8 Å². The van der Waals surface area contributed by atoms with Crippen molar-refractivity contribution < 1.29 is 13.6 Å². The third kappa shape index (κ3) is 6.58. The van der Waals surface area contributed by atoms with E-state index >= 15 is 0 Å². The minimum atomic E-state index is -2.90. The Morgan fingerprint density at radius 1 is 1.21 bits per heavy atom. The molecule has 0 aliphatic heterocycles. The Morgan fingerprint density at radius 2 is 1.71 bits per heavy atom. The summed E-state index contributed by atoms with van der Waals surface area (Å²) in [5, 5.41) is 0. The van der Waals surface area contributed by atoms with Gasteiger partial charge in [-0.1, -0.05) is 20.3 Å². The van der Waals surface area contributed by atoms with Crippen LogP contribution in [0.3, 0.4) is 0 Å². The lowest BCUT2D eigenvalue weighted by Gasteiger charge is -2.26. The summed E-state index contributed by atoms with van der Waals surface area (Å²) in [7, 11) is -2.90. The van der Waals surface area contributed by atoms with Gasteiger partial charge in [0.2, 0.25) is 0 Å². The fraction of sp³-hybridized carbons (Fsp3) is 0.900. The Balaban J connectivity index is 3.90. The molecule has 0 aromatic carbocycles. The zero-order valence-corrected chi connectivity index (χ0v) is 10.5. The monoisotopic (exact) mass is 221 g/mol. The van der Waals surface area contributed by atoms with E-state index in [1.165, 1.54) is 0 Å². The van der Waals surface area contributed by atoms with Gasteiger partial charge in [0, 0.05) is 0 Å². The maximum Gasteiger partial charge on any atom is 0.187 e. The highest BCUT2D eigenvalue weighted by molar-refractivity contribution is 7.56. The lowest BCUT2D eigenvalue weighted by Crippen LogP contribution is -1.97. The molecule has 0 rings (SSSR count). The molecule has 14 heavy (non-hydrogen) atoms. The predicted octanol–water partition coefficient (Wildman–Crippen LogP) is 3.85. The van der Waals surface area contributed by atoms with Crippen LogP contribution in [0.1, 0.15) is 40.5 Å². The third-order valence-electron chi connectivity index (χ3n) is 1.71. The lowest BCUT2D eigenvalue weighted by molar-refractivity contribution is 0.224. The average Bonchev–Trinajstić information content (AvgIpc) is 2.03. The topological polar surface area (TPSA) is 35.5 Å². The molecule has 0 bridgehead atoms. The quantitative estimate of drug-likeness (QED) is 0.461. The predicted molar refractivity (Wildman–Crippen MR) is 59.2 cm³/mol. The molecule has 0 fully saturated rings. The van der Waals surface area contributed by atoms with Crippen LogP contribution in [0.25, 0.3) is 0 Å². The van der Waals surface area contributed by atoms with E-state index in [9.17, 15) is 4.57 Å². The fourth-order valence-corrected chi connectivity index (χ4v) is 2.54. The minimum absolute atomic E-state index is 0.426. The van der Waals surface area contributed by atoms with Crippen molar-refractivity contribution in [3.8, 4) is 0 Å². The van der Waals surface area contributed by atoms with Crippen LogP contribution < -0.4 is 0 Å². The third-order valence-corrected chi connectivity index (χ3v) is 3.66. The van der Waals surface area contributed by atoms with Crippen LogP contribution in [0.2, 0.25) is 0 Å². The molecule has 0 saturated heterocycles. The van der Waals surface area contributed by atoms with Gasteiger partial charge in [-0.15, -0.1) is 0 Å². The Hall–Kier alpha value is 0.150. The van der Waals surface area contributed by atoms with Gasteiger partial charge >= 0.3 is 0 Å². The van der Waals surface area contributed by atoms with Crippen LogP contribution >= 0.6 is 7.60 Å². The molecule has 0 heterocycles. The van der Waals surface area contributed by atoms with Gasteiger partial charge < -0.3 is 9.05 Å². The van der Waals surface area contributed by atoms with Crippen LogP contribution in [0.4, 0.5) is 0 Å². The summed E-state index contributed by atoms with van der Waals surface area (Å²) in [5.74, 6) is 0.614. The Bertz CT molecular complexity index is 170. The second kappa shape index (κ2) is 7.44. The number of rotatable bonds is 8. The average molecular weight is 221 g/mol. The molecular formula is C10H22O3P-. The van der Waals surface area contributed by atoms with Crippen LogP contribution in [-0.2, 0) is 13.6 Å². The van der Waals surface area contributed by atoms with Crippen molar-refractivity contribution in [1.29, 1.82) is 0 Å². The lowest BCUT2D eigenvalue weighted by atomic mass is 10.1. The molecule has 0 aliphatic carbocycles. The van der Waals surface area contributed by atoms with Crippen molar-refractivity contribution in [2.75, 3.05) is 13.2 Å². The molecule has 0 saturated carbocycles. The summed E-state index contributed by atoms with van der Waals surface area (Å²) in [6, 6.07) is 0. The highest BCUT2D eigenvalue weighted by atomic mass is 31.2. The molecular weight excluding hydrogens is 199 g/mol. The van der Waals surface area contributed by atoms with E-state index in [4.69, 9.17) is 9.05 Å². The molecule has 0 unspecified atom stereocenters.